The first-order chi connectivity index (χ1) is 13.9. The molecule has 1 amide bonds. The van der Waals surface area contributed by atoms with E-state index >= 15 is 0 Å². The molecule has 1 heterocycles. The standard InChI is InChI=1S/C22H17FN2O4/c1-13(26)25-22(16-7-5-8-17(23)12-16)29-21(24-25)20-18-9-4-3-6-15(18)10-11-19(20)28-14(2)27/h3-12,22H,1-2H3. The number of nitrogens with zero attached hydrogens (tertiary/aromatic N) is 2. The van der Waals surface area contributed by atoms with E-state index in [9.17, 15) is 14.0 Å². The van der Waals surface area contributed by atoms with Crippen molar-refractivity contribution in [1.29, 1.82) is 0 Å². The highest BCUT2D eigenvalue weighted by atomic mass is 19.1. The Morgan fingerprint density at radius 1 is 1.07 bits per heavy atom. The number of carbonyl (C=O) groups is 2. The minimum absolute atomic E-state index is 0.113. The summed E-state index contributed by atoms with van der Waals surface area (Å²) >= 11 is 0. The van der Waals surface area contributed by atoms with Gasteiger partial charge in [-0.25, -0.2) is 4.39 Å². The van der Waals surface area contributed by atoms with Crippen molar-refractivity contribution >= 4 is 28.5 Å². The van der Waals surface area contributed by atoms with E-state index in [0.29, 0.717) is 11.1 Å². The van der Waals surface area contributed by atoms with Crippen molar-refractivity contribution in [2.45, 2.75) is 20.1 Å². The Labute approximate surface area is 166 Å². The lowest BCUT2D eigenvalue weighted by molar-refractivity contribution is -0.135. The number of fused-ring (bicyclic) bond motifs is 1. The lowest BCUT2D eigenvalue weighted by Crippen LogP contribution is -2.25. The topological polar surface area (TPSA) is 68.2 Å². The average molecular weight is 392 g/mol. The molecule has 7 heteroatoms. The van der Waals surface area contributed by atoms with Crippen molar-refractivity contribution in [3.05, 3.63) is 77.6 Å². The highest BCUT2D eigenvalue weighted by Crippen LogP contribution is 2.36. The molecule has 3 aromatic rings. The highest BCUT2D eigenvalue weighted by molar-refractivity contribution is 6.10. The van der Waals surface area contributed by atoms with Crippen molar-refractivity contribution in [1.82, 2.24) is 5.01 Å². The maximum absolute atomic E-state index is 13.7. The number of rotatable bonds is 3. The van der Waals surface area contributed by atoms with Crippen LogP contribution in [0.5, 0.6) is 5.75 Å². The molecule has 0 N–H and O–H groups in total. The van der Waals surface area contributed by atoms with Crippen LogP contribution in [0.15, 0.2) is 65.8 Å². The Bertz CT molecular complexity index is 1160. The molecule has 3 aromatic carbocycles. The number of hydrogen-bond donors (Lipinski definition) is 0. The average Bonchev–Trinajstić information content (AvgIpc) is 3.13. The number of hydrazone groups is 1. The first-order valence-electron chi connectivity index (χ1n) is 8.95. The minimum atomic E-state index is -0.928. The number of amides is 1. The maximum Gasteiger partial charge on any atom is 0.308 e. The van der Waals surface area contributed by atoms with E-state index in [0.717, 1.165) is 15.8 Å². The summed E-state index contributed by atoms with van der Waals surface area (Å²) in [4.78, 5) is 23.8. The Balaban J connectivity index is 1.86. The lowest BCUT2D eigenvalue weighted by atomic mass is 10.0. The van der Waals surface area contributed by atoms with Crippen LogP contribution in [0.4, 0.5) is 4.39 Å². The van der Waals surface area contributed by atoms with Crippen molar-refractivity contribution < 1.29 is 23.5 Å². The van der Waals surface area contributed by atoms with Gasteiger partial charge in [0.1, 0.15) is 11.6 Å². The first-order valence-corrected chi connectivity index (χ1v) is 8.95. The third-order valence-corrected chi connectivity index (χ3v) is 4.46. The number of carbonyl (C=O) groups excluding carboxylic acids is 2. The van der Waals surface area contributed by atoms with Crippen LogP contribution in [0.1, 0.15) is 31.2 Å². The number of hydrogen-bond acceptors (Lipinski definition) is 5. The van der Waals surface area contributed by atoms with Gasteiger partial charge < -0.3 is 9.47 Å². The van der Waals surface area contributed by atoms with E-state index in [1.54, 1.807) is 12.1 Å². The fraction of sp³-hybridized carbons (Fsp3) is 0.136. The van der Waals surface area contributed by atoms with E-state index in [-0.39, 0.29) is 17.6 Å². The summed E-state index contributed by atoms with van der Waals surface area (Å²) in [6, 6.07) is 16.7. The number of halogens is 1. The van der Waals surface area contributed by atoms with Crippen LogP contribution < -0.4 is 4.74 Å². The van der Waals surface area contributed by atoms with Crippen molar-refractivity contribution in [2.75, 3.05) is 0 Å². The van der Waals surface area contributed by atoms with Gasteiger partial charge >= 0.3 is 5.97 Å². The van der Waals surface area contributed by atoms with Gasteiger partial charge in [0.15, 0.2) is 0 Å². The third kappa shape index (κ3) is 3.54. The molecule has 1 aliphatic heterocycles. The molecule has 0 aliphatic carbocycles. The molecule has 0 bridgehead atoms. The predicted octanol–water partition coefficient (Wildman–Crippen LogP) is 4.14. The Hall–Kier alpha value is -3.74. The summed E-state index contributed by atoms with van der Waals surface area (Å²) in [7, 11) is 0. The zero-order chi connectivity index (χ0) is 20.5. The summed E-state index contributed by atoms with van der Waals surface area (Å²) in [5, 5.41) is 7.10. The Kier molecular flexibility index (Phi) is 4.72. The highest BCUT2D eigenvalue weighted by Gasteiger charge is 2.35. The molecule has 29 heavy (non-hydrogen) atoms. The van der Waals surface area contributed by atoms with Gasteiger partial charge in [0.2, 0.25) is 18.0 Å². The summed E-state index contributed by atoms with van der Waals surface area (Å²) in [5.74, 6) is -0.941. The predicted molar refractivity (Wildman–Crippen MR) is 105 cm³/mol. The van der Waals surface area contributed by atoms with Crippen LogP contribution in [0.2, 0.25) is 0 Å². The van der Waals surface area contributed by atoms with Crippen molar-refractivity contribution in [3.63, 3.8) is 0 Å². The second kappa shape index (κ2) is 7.35. The van der Waals surface area contributed by atoms with Crippen LogP contribution in [-0.2, 0) is 14.3 Å². The number of benzene rings is 3. The molecule has 1 aliphatic rings. The monoisotopic (exact) mass is 392 g/mol. The number of esters is 1. The van der Waals surface area contributed by atoms with Crippen LogP contribution in [0, 0.1) is 5.82 Å². The molecule has 1 unspecified atom stereocenters. The fourth-order valence-corrected chi connectivity index (χ4v) is 3.26. The summed E-state index contributed by atoms with van der Waals surface area (Å²) < 4.78 is 25.1. The van der Waals surface area contributed by atoms with Gasteiger partial charge in [-0.1, -0.05) is 42.5 Å². The van der Waals surface area contributed by atoms with E-state index in [1.165, 1.54) is 32.0 Å². The quantitative estimate of drug-likeness (QED) is 0.496. The van der Waals surface area contributed by atoms with Gasteiger partial charge in [-0.05, 0) is 29.0 Å². The molecule has 0 saturated carbocycles. The zero-order valence-corrected chi connectivity index (χ0v) is 15.8. The van der Waals surface area contributed by atoms with Crippen molar-refractivity contribution in [3.8, 4) is 5.75 Å². The van der Waals surface area contributed by atoms with Crippen LogP contribution >= 0.6 is 0 Å². The van der Waals surface area contributed by atoms with Crippen molar-refractivity contribution in [2.24, 2.45) is 5.10 Å². The van der Waals surface area contributed by atoms with Gasteiger partial charge in [-0.3, -0.25) is 9.59 Å². The van der Waals surface area contributed by atoms with E-state index < -0.39 is 18.0 Å². The molecule has 146 valence electrons. The first kappa shape index (κ1) is 18.6. The second-order valence-corrected chi connectivity index (χ2v) is 6.55. The minimum Gasteiger partial charge on any atom is -0.446 e. The van der Waals surface area contributed by atoms with Gasteiger partial charge in [0, 0.05) is 19.4 Å². The van der Waals surface area contributed by atoms with Gasteiger partial charge in [-0.2, -0.15) is 5.01 Å². The SMILES string of the molecule is CC(=O)Oc1ccc2ccccc2c1C1=NN(C(C)=O)C(c2cccc(F)c2)O1. The van der Waals surface area contributed by atoms with Gasteiger partial charge in [0.05, 0.1) is 5.56 Å². The largest absolute Gasteiger partial charge is 0.446 e. The molecule has 4 rings (SSSR count). The summed E-state index contributed by atoms with van der Waals surface area (Å²) in [6.07, 6.45) is -0.928. The van der Waals surface area contributed by atoms with Crippen LogP contribution in [0.25, 0.3) is 10.8 Å². The molecule has 0 aromatic heterocycles. The van der Waals surface area contributed by atoms with Crippen LogP contribution in [-0.4, -0.2) is 22.8 Å². The molecule has 0 fully saturated rings. The molecule has 0 radical (unpaired) electrons. The zero-order valence-electron chi connectivity index (χ0n) is 15.8. The number of ether oxygens (including phenoxy) is 2. The van der Waals surface area contributed by atoms with E-state index in [1.807, 2.05) is 30.3 Å². The molecule has 6 nitrogen and oxygen atoms in total. The van der Waals surface area contributed by atoms with E-state index in [2.05, 4.69) is 5.10 Å². The normalized spacial score (nSPS) is 15.8. The lowest BCUT2D eigenvalue weighted by Gasteiger charge is -2.19. The Morgan fingerprint density at radius 2 is 1.86 bits per heavy atom. The summed E-state index contributed by atoms with van der Waals surface area (Å²) in [5.41, 5.74) is 0.886. The Morgan fingerprint density at radius 3 is 2.59 bits per heavy atom. The van der Waals surface area contributed by atoms with Gasteiger partial charge in [-0.15, -0.1) is 5.10 Å². The van der Waals surface area contributed by atoms with Gasteiger partial charge in [0.25, 0.3) is 0 Å². The summed E-state index contributed by atoms with van der Waals surface area (Å²) in [6.45, 7) is 2.64. The molecule has 1 atom stereocenters. The molecule has 0 saturated heterocycles. The molecular formula is C22H17FN2O4. The third-order valence-electron chi connectivity index (χ3n) is 4.46. The second-order valence-electron chi connectivity index (χ2n) is 6.55. The van der Waals surface area contributed by atoms with E-state index in [4.69, 9.17) is 9.47 Å². The maximum atomic E-state index is 13.7. The smallest absolute Gasteiger partial charge is 0.308 e. The van der Waals surface area contributed by atoms with Crippen LogP contribution in [0.3, 0.4) is 0 Å². The molecule has 0 spiro atoms. The fourth-order valence-electron chi connectivity index (χ4n) is 3.26. The molecular weight excluding hydrogens is 375 g/mol.